The largest absolute Gasteiger partial charge is 0.478 e. The summed E-state index contributed by atoms with van der Waals surface area (Å²) in [6.45, 7) is 0. The highest BCUT2D eigenvalue weighted by atomic mass is 16.4. The molecule has 0 saturated heterocycles. The number of aromatic carboxylic acids is 1. The molecule has 0 aliphatic heterocycles. The minimum Gasteiger partial charge on any atom is -0.478 e. The van der Waals surface area contributed by atoms with Gasteiger partial charge in [0.2, 0.25) is 5.95 Å². The average Bonchev–Trinajstić information content (AvgIpc) is 2.29. The third kappa shape index (κ3) is 1.95. The Hall–Kier alpha value is -2.50. The first-order valence-electron chi connectivity index (χ1n) is 4.46. The molecule has 3 N–H and O–H groups in total. The zero-order chi connectivity index (χ0) is 11.5. The van der Waals surface area contributed by atoms with Crippen LogP contribution in [0.2, 0.25) is 0 Å². The summed E-state index contributed by atoms with van der Waals surface area (Å²) in [7, 11) is 0. The SMILES string of the molecule is Nc1nncc(-c2ccc(C(=O)O)cc2)n1. The molecule has 0 aliphatic carbocycles. The van der Waals surface area contributed by atoms with Crippen molar-refractivity contribution in [2.24, 2.45) is 0 Å². The van der Waals surface area contributed by atoms with Crippen molar-refractivity contribution in [2.45, 2.75) is 0 Å². The number of carboxylic acids is 1. The standard InChI is InChI=1S/C10H8N4O2/c11-10-13-8(5-12-14-10)6-1-3-7(4-2-6)9(15)16/h1-5H,(H,15,16)(H2,11,13,14). The van der Waals surface area contributed by atoms with Gasteiger partial charge in [-0.25, -0.2) is 9.78 Å². The first-order valence-corrected chi connectivity index (χ1v) is 4.46. The smallest absolute Gasteiger partial charge is 0.335 e. The van der Waals surface area contributed by atoms with Crippen LogP contribution in [0.3, 0.4) is 0 Å². The Balaban J connectivity index is 2.38. The molecule has 2 rings (SSSR count). The number of nitrogens with zero attached hydrogens (tertiary/aromatic N) is 3. The molecule has 0 amide bonds. The third-order valence-corrected chi connectivity index (χ3v) is 2.00. The Morgan fingerprint density at radius 1 is 1.25 bits per heavy atom. The van der Waals surface area contributed by atoms with Gasteiger partial charge in [0, 0.05) is 5.56 Å². The molecule has 0 spiro atoms. The fourth-order valence-corrected chi connectivity index (χ4v) is 1.24. The van der Waals surface area contributed by atoms with Gasteiger partial charge in [-0.15, -0.1) is 5.10 Å². The van der Waals surface area contributed by atoms with Gasteiger partial charge in [-0.1, -0.05) is 12.1 Å². The maximum Gasteiger partial charge on any atom is 0.335 e. The fourth-order valence-electron chi connectivity index (χ4n) is 1.24. The van der Waals surface area contributed by atoms with E-state index in [1.54, 1.807) is 12.1 Å². The molecule has 1 aromatic carbocycles. The van der Waals surface area contributed by atoms with Crippen molar-refractivity contribution in [1.29, 1.82) is 0 Å². The maximum absolute atomic E-state index is 10.6. The van der Waals surface area contributed by atoms with Gasteiger partial charge in [-0.3, -0.25) is 0 Å². The molecule has 0 aliphatic rings. The highest BCUT2D eigenvalue weighted by Gasteiger charge is 2.04. The fraction of sp³-hybridized carbons (Fsp3) is 0. The number of hydrogen-bond donors (Lipinski definition) is 2. The van der Waals surface area contributed by atoms with Crippen LogP contribution in [0.1, 0.15) is 10.4 Å². The van der Waals surface area contributed by atoms with Crippen molar-refractivity contribution in [2.75, 3.05) is 5.73 Å². The molecular weight excluding hydrogens is 208 g/mol. The van der Waals surface area contributed by atoms with Crippen molar-refractivity contribution in [3.8, 4) is 11.3 Å². The van der Waals surface area contributed by atoms with Crippen LogP contribution in [0.5, 0.6) is 0 Å². The predicted octanol–water partition coefficient (Wildman–Crippen LogP) is 0.819. The predicted molar refractivity (Wildman–Crippen MR) is 56.6 cm³/mol. The van der Waals surface area contributed by atoms with E-state index in [-0.39, 0.29) is 11.5 Å². The Morgan fingerprint density at radius 2 is 1.94 bits per heavy atom. The number of anilines is 1. The average molecular weight is 216 g/mol. The first kappa shape index (κ1) is 10.0. The summed E-state index contributed by atoms with van der Waals surface area (Å²) in [5.74, 6) is -0.883. The highest BCUT2D eigenvalue weighted by Crippen LogP contribution is 2.16. The van der Waals surface area contributed by atoms with Gasteiger partial charge >= 0.3 is 5.97 Å². The van der Waals surface area contributed by atoms with E-state index in [4.69, 9.17) is 10.8 Å². The number of rotatable bonds is 2. The molecule has 0 saturated carbocycles. The molecule has 0 atom stereocenters. The molecule has 0 bridgehead atoms. The summed E-state index contributed by atoms with van der Waals surface area (Å²) in [5, 5.41) is 15.9. The van der Waals surface area contributed by atoms with E-state index in [1.165, 1.54) is 18.3 Å². The molecule has 6 heteroatoms. The van der Waals surface area contributed by atoms with Crippen LogP contribution in [0.4, 0.5) is 5.95 Å². The minimum absolute atomic E-state index is 0.0832. The van der Waals surface area contributed by atoms with Gasteiger partial charge in [-0.2, -0.15) is 5.10 Å². The molecule has 0 unspecified atom stereocenters. The molecule has 16 heavy (non-hydrogen) atoms. The van der Waals surface area contributed by atoms with Gasteiger partial charge in [-0.05, 0) is 12.1 Å². The first-order chi connectivity index (χ1) is 7.66. The molecular formula is C10H8N4O2. The van der Waals surface area contributed by atoms with Crippen LogP contribution in [-0.4, -0.2) is 26.3 Å². The lowest BCUT2D eigenvalue weighted by Crippen LogP contribution is -1.99. The van der Waals surface area contributed by atoms with Crippen LogP contribution in [0, 0.1) is 0 Å². The summed E-state index contributed by atoms with van der Waals surface area (Å²) in [5.41, 5.74) is 6.92. The van der Waals surface area contributed by atoms with Crippen LogP contribution in [0.25, 0.3) is 11.3 Å². The minimum atomic E-state index is -0.966. The van der Waals surface area contributed by atoms with Crippen molar-refractivity contribution >= 4 is 11.9 Å². The van der Waals surface area contributed by atoms with E-state index in [1.807, 2.05) is 0 Å². The van der Waals surface area contributed by atoms with Crippen LogP contribution in [-0.2, 0) is 0 Å². The Bertz CT molecular complexity index is 525. The number of carbonyl (C=O) groups is 1. The number of nitrogen functional groups attached to an aromatic ring is 1. The number of benzene rings is 1. The van der Waals surface area contributed by atoms with Crippen LogP contribution in [0.15, 0.2) is 30.5 Å². The van der Waals surface area contributed by atoms with E-state index < -0.39 is 5.97 Å². The van der Waals surface area contributed by atoms with Crippen molar-refractivity contribution < 1.29 is 9.90 Å². The monoisotopic (exact) mass is 216 g/mol. The van der Waals surface area contributed by atoms with E-state index >= 15 is 0 Å². The van der Waals surface area contributed by atoms with Gasteiger partial charge in [0.05, 0.1) is 17.5 Å². The normalized spacial score (nSPS) is 10.0. The van der Waals surface area contributed by atoms with E-state index in [0.29, 0.717) is 5.69 Å². The third-order valence-electron chi connectivity index (χ3n) is 2.00. The molecule has 1 heterocycles. The van der Waals surface area contributed by atoms with Crippen LogP contribution < -0.4 is 5.73 Å². The van der Waals surface area contributed by atoms with Crippen LogP contribution >= 0.6 is 0 Å². The highest BCUT2D eigenvalue weighted by molar-refractivity contribution is 5.88. The van der Waals surface area contributed by atoms with Gasteiger partial charge < -0.3 is 10.8 Å². The van der Waals surface area contributed by atoms with E-state index in [9.17, 15) is 4.79 Å². The van der Waals surface area contributed by atoms with Crippen molar-refractivity contribution in [3.05, 3.63) is 36.0 Å². The van der Waals surface area contributed by atoms with E-state index in [0.717, 1.165) is 5.56 Å². The zero-order valence-corrected chi connectivity index (χ0v) is 8.16. The number of carboxylic acid groups (broad SMARTS) is 1. The number of nitrogens with two attached hydrogens (primary N) is 1. The lowest BCUT2D eigenvalue weighted by atomic mass is 10.1. The lowest BCUT2D eigenvalue weighted by Gasteiger charge is -2.00. The van der Waals surface area contributed by atoms with Gasteiger partial charge in [0.25, 0.3) is 0 Å². The molecule has 80 valence electrons. The van der Waals surface area contributed by atoms with Crippen molar-refractivity contribution in [3.63, 3.8) is 0 Å². The number of aromatic nitrogens is 3. The molecule has 0 fully saturated rings. The summed E-state index contributed by atoms with van der Waals surface area (Å²) < 4.78 is 0. The summed E-state index contributed by atoms with van der Waals surface area (Å²) in [6, 6.07) is 6.28. The maximum atomic E-state index is 10.6. The second-order valence-electron chi connectivity index (χ2n) is 3.08. The lowest BCUT2D eigenvalue weighted by molar-refractivity contribution is 0.0697. The number of hydrogen-bond acceptors (Lipinski definition) is 5. The molecule has 6 nitrogen and oxygen atoms in total. The molecule has 1 aromatic heterocycles. The second kappa shape index (κ2) is 3.93. The molecule has 2 aromatic rings. The summed E-state index contributed by atoms with van der Waals surface area (Å²) in [6.07, 6.45) is 1.46. The quantitative estimate of drug-likeness (QED) is 0.770. The summed E-state index contributed by atoms with van der Waals surface area (Å²) in [4.78, 5) is 14.6. The Morgan fingerprint density at radius 3 is 2.50 bits per heavy atom. The van der Waals surface area contributed by atoms with Crippen molar-refractivity contribution in [1.82, 2.24) is 15.2 Å². The van der Waals surface area contributed by atoms with E-state index in [2.05, 4.69) is 15.2 Å². The Labute approximate surface area is 90.8 Å². The Kier molecular flexibility index (Phi) is 2.47. The van der Waals surface area contributed by atoms with Gasteiger partial charge in [0.1, 0.15) is 0 Å². The summed E-state index contributed by atoms with van der Waals surface area (Å²) >= 11 is 0. The topological polar surface area (TPSA) is 102 Å². The molecule has 0 radical (unpaired) electrons. The van der Waals surface area contributed by atoms with Gasteiger partial charge in [0.15, 0.2) is 0 Å². The zero-order valence-electron chi connectivity index (χ0n) is 8.16. The second-order valence-corrected chi connectivity index (χ2v) is 3.08.